The van der Waals surface area contributed by atoms with Crippen molar-refractivity contribution in [3.05, 3.63) is 0 Å². The molecule has 1 N–H and O–H groups in total. The average molecular weight is 347 g/mol. The minimum Gasteiger partial charge on any atom is -0.367 e. The van der Waals surface area contributed by atoms with E-state index in [0.29, 0.717) is 26.2 Å². The highest BCUT2D eigenvalue weighted by atomic mass is 32.2. The smallest absolute Gasteiger partial charge is 0.317 e. The lowest BCUT2D eigenvalue weighted by molar-refractivity contribution is -0.0693. The molecule has 1 atom stereocenters. The van der Waals surface area contributed by atoms with Crippen LogP contribution in [0.15, 0.2) is 0 Å². The predicted octanol–water partition coefficient (Wildman–Crippen LogP) is 1.01. The maximum atomic E-state index is 12.5. The van der Waals surface area contributed by atoms with Crippen LogP contribution in [0.3, 0.4) is 0 Å². The van der Waals surface area contributed by atoms with Gasteiger partial charge in [0.05, 0.1) is 23.0 Å². The Morgan fingerprint density at radius 2 is 1.74 bits per heavy atom. The minimum atomic E-state index is -3.17. The number of ether oxygens (including phenoxy) is 1. The molecule has 2 heterocycles. The van der Waals surface area contributed by atoms with E-state index in [2.05, 4.69) is 5.32 Å². The maximum Gasteiger partial charge on any atom is 0.317 e. The number of rotatable bonds is 3. The van der Waals surface area contributed by atoms with Gasteiger partial charge in [-0.2, -0.15) is 4.31 Å². The monoisotopic (exact) mass is 347 g/mol. The standard InChI is InChI=1S/C15H29N3O4S/c1-6-23(20,21)18-9-7-17(8-10-18)13(19)16-12-11-14(2,3)22-15(12,4)5/h12H,6-11H2,1-5H3,(H,16,19). The summed E-state index contributed by atoms with van der Waals surface area (Å²) >= 11 is 0. The van der Waals surface area contributed by atoms with Crippen LogP contribution in [0.4, 0.5) is 4.79 Å². The van der Waals surface area contributed by atoms with Crippen LogP contribution in [0.5, 0.6) is 0 Å². The molecule has 0 aromatic carbocycles. The van der Waals surface area contributed by atoms with Gasteiger partial charge in [0.2, 0.25) is 10.0 Å². The highest BCUT2D eigenvalue weighted by Crippen LogP contribution is 2.37. The van der Waals surface area contributed by atoms with Crippen molar-refractivity contribution in [1.82, 2.24) is 14.5 Å². The zero-order valence-electron chi connectivity index (χ0n) is 14.8. The molecule has 0 spiro atoms. The summed E-state index contributed by atoms with van der Waals surface area (Å²) < 4.78 is 31.2. The van der Waals surface area contributed by atoms with E-state index in [9.17, 15) is 13.2 Å². The highest BCUT2D eigenvalue weighted by molar-refractivity contribution is 7.89. The Hall–Kier alpha value is -0.860. The Labute approximate surface area is 139 Å². The first-order valence-electron chi connectivity index (χ1n) is 8.20. The summed E-state index contributed by atoms with van der Waals surface area (Å²) in [5.41, 5.74) is -0.665. The third-order valence-electron chi connectivity index (χ3n) is 4.66. The second-order valence-corrected chi connectivity index (χ2v) is 9.72. The molecule has 0 aliphatic carbocycles. The van der Waals surface area contributed by atoms with Crippen LogP contribution in [0.2, 0.25) is 0 Å². The van der Waals surface area contributed by atoms with E-state index in [0.717, 1.165) is 6.42 Å². The van der Waals surface area contributed by atoms with Crippen LogP contribution >= 0.6 is 0 Å². The number of piperazine rings is 1. The molecule has 0 radical (unpaired) electrons. The van der Waals surface area contributed by atoms with Crippen LogP contribution < -0.4 is 5.32 Å². The number of urea groups is 1. The summed E-state index contributed by atoms with van der Waals surface area (Å²) in [6.07, 6.45) is 0.760. The summed E-state index contributed by atoms with van der Waals surface area (Å²) in [6.45, 7) is 11.2. The molecule has 0 bridgehead atoms. The fraction of sp³-hybridized carbons (Fsp3) is 0.933. The first-order chi connectivity index (χ1) is 10.5. The maximum absolute atomic E-state index is 12.5. The van der Waals surface area contributed by atoms with Gasteiger partial charge in [-0.1, -0.05) is 0 Å². The van der Waals surface area contributed by atoms with Crippen LogP contribution in [-0.4, -0.2) is 72.8 Å². The molecular weight excluding hydrogens is 318 g/mol. The summed E-state index contributed by atoms with van der Waals surface area (Å²) in [6, 6.07) is -0.194. The summed E-state index contributed by atoms with van der Waals surface area (Å²) in [7, 11) is -3.17. The lowest BCUT2D eigenvalue weighted by Gasteiger charge is -2.35. The zero-order chi connectivity index (χ0) is 17.5. The van der Waals surface area contributed by atoms with Crippen molar-refractivity contribution in [2.24, 2.45) is 0 Å². The van der Waals surface area contributed by atoms with E-state index >= 15 is 0 Å². The van der Waals surface area contributed by atoms with Crippen LogP contribution in [0, 0.1) is 0 Å². The fourth-order valence-electron chi connectivity index (χ4n) is 3.38. The number of nitrogens with one attached hydrogen (secondary N) is 1. The Morgan fingerprint density at radius 1 is 1.17 bits per heavy atom. The molecule has 134 valence electrons. The number of hydrogen-bond acceptors (Lipinski definition) is 4. The second kappa shape index (κ2) is 6.22. The van der Waals surface area contributed by atoms with E-state index in [1.54, 1.807) is 11.8 Å². The predicted molar refractivity (Wildman–Crippen MR) is 88.8 cm³/mol. The van der Waals surface area contributed by atoms with E-state index in [-0.39, 0.29) is 23.4 Å². The third-order valence-corrected chi connectivity index (χ3v) is 6.54. The van der Waals surface area contributed by atoms with Crippen molar-refractivity contribution in [3.63, 3.8) is 0 Å². The molecule has 2 rings (SSSR count). The number of sulfonamides is 1. The van der Waals surface area contributed by atoms with E-state index in [1.165, 1.54) is 4.31 Å². The number of amides is 2. The molecule has 23 heavy (non-hydrogen) atoms. The Bertz CT molecular complexity index is 551. The van der Waals surface area contributed by atoms with Gasteiger partial charge >= 0.3 is 6.03 Å². The molecule has 0 saturated carbocycles. The Balaban J connectivity index is 1.91. The average Bonchev–Trinajstić information content (AvgIpc) is 2.66. The number of hydrogen-bond donors (Lipinski definition) is 1. The van der Waals surface area contributed by atoms with E-state index < -0.39 is 15.6 Å². The lowest BCUT2D eigenvalue weighted by Crippen LogP contribution is -2.56. The molecule has 7 nitrogen and oxygen atoms in total. The van der Waals surface area contributed by atoms with Crippen molar-refractivity contribution in [1.29, 1.82) is 0 Å². The van der Waals surface area contributed by atoms with Gasteiger partial charge in [0.25, 0.3) is 0 Å². The van der Waals surface area contributed by atoms with Gasteiger partial charge in [-0.15, -0.1) is 0 Å². The van der Waals surface area contributed by atoms with Crippen LogP contribution in [0.1, 0.15) is 41.0 Å². The molecule has 2 fully saturated rings. The largest absolute Gasteiger partial charge is 0.367 e. The van der Waals surface area contributed by atoms with Crippen LogP contribution in [0.25, 0.3) is 0 Å². The lowest BCUT2D eigenvalue weighted by atomic mass is 9.94. The summed E-state index contributed by atoms with van der Waals surface area (Å²) in [5.74, 6) is 0.0991. The number of carbonyl (C=O) groups excluding carboxylic acids is 1. The zero-order valence-corrected chi connectivity index (χ0v) is 15.6. The van der Waals surface area contributed by atoms with Crippen LogP contribution in [-0.2, 0) is 14.8 Å². The topological polar surface area (TPSA) is 79.0 Å². The van der Waals surface area contributed by atoms with Crippen molar-refractivity contribution in [2.45, 2.75) is 58.3 Å². The van der Waals surface area contributed by atoms with Crippen molar-refractivity contribution in [3.8, 4) is 0 Å². The summed E-state index contributed by atoms with van der Waals surface area (Å²) in [4.78, 5) is 14.2. The molecule has 8 heteroatoms. The molecule has 2 amide bonds. The molecule has 0 aromatic rings. The molecular formula is C15H29N3O4S. The van der Waals surface area contributed by atoms with Gasteiger partial charge in [-0.3, -0.25) is 0 Å². The van der Waals surface area contributed by atoms with Gasteiger partial charge in [-0.25, -0.2) is 13.2 Å². The number of nitrogens with zero attached hydrogens (tertiary/aromatic N) is 2. The molecule has 1 unspecified atom stereocenters. The van der Waals surface area contributed by atoms with E-state index in [4.69, 9.17) is 4.74 Å². The molecule has 2 saturated heterocycles. The van der Waals surface area contributed by atoms with Gasteiger partial charge in [0.15, 0.2) is 0 Å². The molecule has 0 aromatic heterocycles. The minimum absolute atomic E-state index is 0.0533. The Kier molecular flexibility index (Phi) is 4.99. The number of carbonyl (C=O) groups is 1. The Morgan fingerprint density at radius 3 is 2.17 bits per heavy atom. The fourth-order valence-corrected chi connectivity index (χ4v) is 4.46. The SMILES string of the molecule is CCS(=O)(=O)N1CCN(C(=O)NC2CC(C)(C)OC2(C)C)CC1. The van der Waals surface area contributed by atoms with Gasteiger partial charge in [0.1, 0.15) is 0 Å². The summed E-state index contributed by atoms with van der Waals surface area (Å²) in [5, 5.41) is 3.06. The first-order valence-corrected chi connectivity index (χ1v) is 9.81. The highest BCUT2D eigenvalue weighted by Gasteiger charge is 2.47. The van der Waals surface area contributed by atoms with E-state index in [1.807, 2.05) is 27.7 Å². The van der Waals surface area contributed by atoms with Crippen molar-refractivity contribution < 1.29 is 17.9 Å². The molecule has 2 aliphatic rings. The van der Waals surface area contributed by atoms with Crippen molar-refractivity contribution >= 4 is 16.1 Å². The van der Waals surface area contributed by atoms with Gasteiger partial charge < -0.3 is 15.0 Å². The van der Waals surface area contributed by atoms with Gasteiger partial charge in [-0.05, 0) is 41.0 Å². The quantitative estimate of drug-likeness (QED) is 0.826. The molecule has 2 aliphatic heterocycles. The first kappa shape index (κ1) is 18.5. The normalized spacial score (nSPS) is 27.9. The third kappa shape index (κ3) is 4.16. The van der Waals surface area contributed by atoms with Gasteiger partial charge in [0, 0.05) is 26.2 Å². The van der Waals surface area contributed by atoms with Crippen molar-refractivity contribution in [2.75, 3.05) is 31.9 Å². The second-order valence-electron chi connectivity index (χ2n) is 7.46.